The molecule has 0 amide bonds. The first kappa shape index (κ1) is 20.2. The lowest BCUT2D eigenvalue weighted by Crippen LogP contribution is -3.12. The predicted molar refractivity (Wildman–Crippen MR) is 114 cm³/mol. The number of thiocarbonyl (C=S) groups is 1. The fourth-order valence-electron chi connectivity index (χ4n) is 2.61. The van der Waals surface area contributed by atoms with Crippen LogP contribution in [0, 0.1) is 6.92 Å². The second kappa shape index (κ2) is 10.1. The second-order valence-corrected chi connectivity index (χ2v) is 7.93. The Kier molecular flexibility index (Phi) is 8.16. The summed E-state index contributed by atoms with van der Waals surface area (Å²) in [5, 5.41) is 6.97. The van der Waals surface area contributed by atoms with Crippen molar-refractivity contribution < 1.29 is 4.90 Å². The summed E-state index contributed by atoms with van der Waals surface area (Å²) in [6.45, 7) is 11.6. The number of benzene rings is 1. The molecule has 0 aliphatic rings. The molecule has 1 heterocycles. The Morgan fingerprint density at radius 3 is 2.64 bits per heavy atom. The van der Waals surface area contributed by atoms with Crippen LogP contribution in [0.2, 0.25) is 5.02 Å². The van der Waals surface area contributed by atoms with Crippen LogP contribution >= 0.6 is 35.2 Å². The summed E-state index contributed by atoms with van der Waals surface area (Å²) in [6.07, 6.45) is 0. The molecule has 0 aliphatic carbocycles. The molecule has 25 heavy (non-hydrogen) atoms. The molecule has 1 aromatic heterocycles. The summed E-state index contributed by atoms with van der Waals surface area (Å²) in [5.41, 5.74) is 2.01. The van der Waals surface area contributed by atoms with E-state index in [-0.39, 0.29) is 0 Å². The zero-order chi connectivity index (χ0) is 18.2. The molecule has 0 atom stereocenters. The lowest BCUT2D eigenvalue weighted by Gasteiger charge is -2.27. The van der Waals surface area contributed by atoms with E-state index in [2.05, 4.69) is 41.6 Å². The highest BCUT2D eigenvalue weighted by molar-refractivity contribution is 7.80. The third-order valence-electron chi connectivity index (χ3n) is 4.37. The van der Waals surface area contributed by atoms with Gasteiger partial charge in [0.2, 0.25) is 0 Å². The van der Waals surface area contributed by atoms with Gasteiger partial charge in [0.15, 0.2) is 5.11 Å². The molecule has 3 nitrogen and oxygen atoms in total. The highest BCUT2D eigenvalue weighted by atomic mass is 35.5. The molecule has 0 aliphatic heterocycles. The molecule has 1 aromatic carbocycles. The lowest BCUT2D eigenvalue weighted by atomic mass is 10.2. The van der Waals surface area contributed by atoms with Crippen LogP contribution in [0.25, 0.3) is 0 Å². The highest BCUT2D eigenvalue weighted by Gasteiger charge is 2.14. The van der Waals surface area contributed by atoms with Crippen molar-refractivity contribution in [1.82, 2.24) is 4.90 Å². The molecule has 2 N–H and O–H groups in total. The van der Waals surface area contributed by atoms with Gasteiger partial charge in [-0.25, -0.2) is 0 Å². The van der Waals surface area contributed by atoms with Gasteiger partial charge in [-0.1, -0.05) is 23.7 Å². The van der Waals surface area contributed by atoms with Gasteiger partial charge >= 0.3 is 0 Å². The Morgan fingerprint density at radius 1 is 1.28 bits per heavy atom. The predicted octanol–water partition coefficient (Wildman–Crippen LogP) is 3.83. The van der Waals surface area contributed by atoms with Crippen molar-refractivity contribution >= 4 is 46.0 Å². The molecular formula is C19H27ClN3S2+. The van der Waals surface area contributed by atoms with E-state index in [1.807, 2.05) is 25.1 Å². The Labute approximate surface area is 165 Å². The van der Waals surface area contributed by atoms with Crippen LogP contribution in [0.4, 0.5) is 5.69 Å². The van der Waals surface area contributed by atoms with Crippen molar-refractivity contribution in [3.63, 3.8) is 0 Å². The average Bonchev–Trinajstić information content (AvgIpc) is 3.11. The van der Waals surface area contributed by atoms with Crippen molar-refractivity contribution in [2.45, 2.75) is 27.3 Å². The van der Waals surface area contributed by atoms with Crippen LogP contribution in [-0.2, 0) is 6.54 Å². The zero-order valence-electron chi connectivity index (χ0n) is 15.1. The normalized spacial score (nSPS) is 10.9. The minimum Gasteiger partial charge on any atom is -0.338 e. The molecule has 2 aromatic rings. The van der Waals surface area contributed by atoms with Crippen LogP contribution in [0.5, 0.6) is 0 Å². The Morgan fingerprint density at radius 2 is 2.04 bits per heavy atom. The SMILES string of the molecule is CC[NH+](CC)CCN(Cc1cccs1)C(=S)Nc1ccc(C)c(Cl)c1. The summed E-state index contributed by atoms with van der Waals surface area (Å²) in [7, 11) is 0. The topological polar surface area (TPSA) is 19.7 Å². The van der Waals surface area contributed by atoms with Gasteiger partial charge in [0.05, 0.1) is 32.7 Å². The van der Waals surface area contributed by atoms with E-state index in [0.29, 0.717) is 0 Å². The number of nitrogens with zero attached hydrogens (tertiary/aromatic N) is 1. The van der Waals surface area contributed by atoms with Crippen molar-refractivity contribution in [1.29, 1.82) is 0 Å². The molecule has 0 bridgehead atoms. The quantitative estimate of drug-likeness (QED) is 0.661. The first-order chi connectivity index (χ1) is 12.0. The molecule has 0 saturated carbocycles. The van der Waals surface area contributed by atoms with Crippen LogP contribution < -0.4 is 10.2 Å². The van der Waals surface area contributed by atoms with Crippen LogP contribution in [0.15, 0.2) is 35.7 Å². The number of thiophene rings is 1. The summed E-state index contributed by atoms with van der Waals surface area (Å²) >= 11 is 13.7. The Balaban J connectivity index is 2.06. The largest absolute Gasteiger partial charge is 0.338 e. The van der Waals surface area contributed by atoms with Gasteiger partial charge in [0.1, 0.15) is 0 Å². The Bertz CT molecular complexity index is 669. The van der Waals surface area contributed by atoms with E-state index in [4.69, 9.17) is 23.8 Å². The molecule has 0 fully saturated rings. The van der Waals surface area contributed by atoms with Gasteiger partial charge in [-0.3, -0.25) is 0 Å². The summed E-state index contributed by atoms with van der Waals surface area (Å²) in [4.78, 5) is 5.15. The average molecular weight is 397 g/mol. The summed E-state index contributed by atoms with van der Waals surface area (Å²) in [6, 6.07) is 10.2. The number of aryl methyl sites for hydroxylation is 1. The number of quaternary nitrogens is 1. The number of anilines is 1. The number of hydrogen-bond acceptors (Lipinski definition) is 2. The standard InChI is InChI=1S/C19H26ClN3S2/c1-4-22(5-2)10-11-23(14-17-7-6-12-25-17)19(24)21-16-9-8-15(3)18(20)13-16/h6-9,12-13H,4-5,10-11,14H2,1-3H3,(H,21,24)/p+1. The van der Waals surface area contributed by atoms with E-state index in [1.54, 1.807) is 16.2 Å². The van der Waals surface area contributed by atoms with E-state index in [9.17, 15) is 0 Å². The first-order valence-electron chi connectivity index (χ1n) is 8.71. The van der Waals surface area contributed by atoms with Crippen molar-refractivity contribution in [2.75, 3.05) is 31.5 Å². The van der Waals surface area contributed by atoms with Crippen LogP contribution in [-0.4, -0.2) is 36.2 Å². The fourth-order valence-corrected chi connectivity index (χ4v) is 3.79. The van der Waals surface area contributed by atoms with Crippen LogP contribution in [0.3, 0.4) is 0 Å². The minimum absolute atomic E-state index is 0.750. The van der Waals surface area contributed by atoms with Crippen molar-refractivity contribution in [2.24, 2.45) is 0 Å². The van der Waals surface area contributed by atoms with E-state index in [1.165, 1.54) is 4.88 Å². The lowest BCUT2D eigenvalue weighted by molar-refractivity contribution is -0.895. The summed E-state index contributed by atoms with van der Waals surface area (Å²) in [5.74, 6) is 0. The zero-order valence-corrected chi connectivity index (χ0v) is 17.5. The van der Waals surface area contributed by atoms with Crippen molar-refractivity contribution in [3.8, 4) is 0 Å². The maximum absolute atomic E-state index is 6.23. The second-order valence-electron chi connectivity index (χ2n) is 6.10. The molecule has 6 heteroatoms. The van der Waals surface area contributed by atoms with Gasteiger partial charge in [0, 0.05) is 15.6 Å². The molecule has 0 unspecified atom stereocenters. The van der Waals surface area contributed by atoms with E-state index >= 15 is 0 Å². The van der Waals surface area contributed by atoms with Gasteiger partial charge in [-0.15, -0.1) is 11.3 Å². The smallest absolute Gasteiger partial charge is 0.173 e. The number of rotatable bonds is 8. The fraction of sp³-hybridized carbons (Fsp3) is 0.421. The third-order valence-corrected chi connectivity index (χ3v) is 6.00. The van der Waals surface area contributed by atoms with E-state index < -0.39 is 0 Å². The molecule has 0 radical (unpaired) electrons. The van der Waals surface area contributed by atoms with Crippen LogP contribution in [0.1, 0.15) is 24.3 Å². The minimum atomic E-state index is 0.750. The molecule has 0 spiro atoms. The summed E-state index contributed by atoms with van der Waals surface area (Å²) < 4.78 is 0. The van der Waals surface area contributed by atoms with Crippen molar-refractivity contribution in [3.05, 3.63) is 51.2 Å². The first-order valence-corrected chi connectivity index (χ1v) is 10.4. The monoisotopic (exact) mass is 396 g/mol. The van der Waals surface area contributed by atoms with Gasteiger partial charge in [-0.2, -0.15) is 0 Å². The number of halogens is 1. The maximum Gasteiger partial charge on any atom is 0.173 e. The maximum atomic E-state index is 6.23. The molecule has 136 valence electrons. The van der Waals surface area contributed by atoms with Gasteiger partial charge in [0.25, 0.3) is 0 Å². The van der Waals surface area contributed by atoms with Gasteiger partial charge in [-0.05, 0) is 62.1 Å². The highest BCUT2D eigenvalue weighted by Crippen LogP contribution is 2.20. The Hall–Kier alpha value is -1.14. The van der Waals surface area contributed by atoms with Gasteiger partial charge < -0.3 is 15.1 Å². The molecule has 0 saturated heterocycles. The molecule has 2 rings (SSSR count). The number of likely N-dealkylation sites (N-methyl/N-ethyl adjacent to an activating group) is 1. The number of hydrogen-bond donors (Lipinski definition) is 2. The number of nitrogens with one attached hydrogen (secondary N) is 2. The third kappa shape index (κ3) is 6.26. The molecular weight excluding hydrogens is 370 g/mol. The van der Waals surface area contributed by atoms with E-state index in [0.717, 1.165) is 54.1 Å².